The van der Waals surface area contributed by atoms with E-state index in [9.17, 15) is 26.3 Å². The van der Waals surface area contributed by atoms with Gasteiger partial charge in [0.25, 0.3) is 0 Å². The first-order valence-corrected chi connectivity index (χ1v) is 10.9. The Morgan fingerprint density at radius 3 is 1.32 bits per heavy atom. The Balaban J connectivity index is 2.60. The molecule has 0 heterocycles. The fraction of sp³-hybridized carbons (Fsp3) is 0.200. The van der Waals surface area contributed by atoms with Gasteiger partial charge in [-0.05, 0) is 41.2 Å². The van der Waals surface area contributed by atoms with Crippen LogP contribution in [0.1, 0.15) is 11.1 Å². The highest BCUT2D eigenvalue weighted by atomic mass is 35.6. The quantitative estimate of drug-likeness (QED) is 0.309. The highest BCUT2D eigenvalue weighted by Gasteiger charge is 2.39. The van der Waals surface area contributed by atoms with Gasteiger partial charge in [0.2, 0.25) is 7.38 Å². The highest BCUT2D eigenvalue weighted by molar-refractivity contribution is 7.33. The Kier molecular flexibility index (Phi) is 5.46. The van der Waals surface area contributed by atoms with E-state index in [1.165, 1.54) is 18.7 Å². The minimum Gasteiger partial charge on any atom is -0.166 e. The summed E-state index contributed by atoms with van der Waals surface area (Å²) in [6.45, 7) is 1.43. The Morgan fingerprint density at radius 1 is 0.720 bits per heavy atom. The zero-order chi connectivity index (χ0) is 19.2. The molecule has 0 fully saturated rings. The number of alkyl halides is 6. The molecule has 0 bridgehead atoms. The molecule has 0 aromatic heterocycles. The van der Waals surface area contributed by atoms with Crippen LogP contribution < -0.4 is 10.4 Å². The lowest BCUT2D eigenvalue weighted by Gasteiger charge is -2.23. The molecule has 25 heavy (non-hydrogen) atoms. The summed E-state index contributed by atoms with van der Waals surface area (Å²) < 4.78 is 78.1. The predicted octanol–water partition coefficient (Wildman–Crippen LogP) is 5.96. The van der Waals surface area contributed by atoms with Gasteiger partial charge in [0.15, 0.2) is 0 Å². The van der Waals surface area contributed by atoms with Crippen molar-refractivity contribution in [1.82, 2.24) is 0 Å². The maximum Gasteiger partial charge on any atom is 0.417 e. The van der Waals surface area contributed by atoms with E-state index in [0.29, 0.717) is 0 Å². The van der Waals surface area contributed by atoms with Crippen LogP contribution in [0.4, 0.5) is 26.3 Å². The van der Waals surface area contributed by atoms with Crippen molar-refractivity contribution < 1.29 is 26.3 Å². The molecule has 0 atom stereocenters. The Hall–Kier alpha value is -0.893. The SMILES string of the molecule is C[Si](Cl)(c1ccc(Cl)c(C(F)(F)F)c1)c1ccc(Cl)c(C(F)(F)F)c1. The lowest BCUT2D eigenvalue weighted by atomic mass is 10.2. The van der Waals surface area contributed by atoms with E-state index in [0.717, 1.165) is 24.3 Å². The molecule has 0 radical (unpaired) electrons. The third-order valence-corrected chi connectivity index (χ3v) is 8.39. The standard InChI is InChI=1S/C15H9Cl3F6Si/c1-25(18,8-2-4-12(16)10(6-8)14(19,20)21)9-3-5-13(17)11(7-9)15(22,23)24/h2-7H,1H3. The zero-order valence-corrected chi connectivity index (χ0v) is 15.6. The van der Waals surface area contributed by atoms with Crippen LogP contribution >= 0.6 is 34.3 Å². The van der Waals surface area contributed by atoms with Crippen molar-refractivity contribution in [3.63, 3.8) is 0 Å². The van der Waals surface area contributed by atoms with Crippen LogP contribution in [0.2, 0.25) is 16.6 Å². The van der Waals surface area contributed by atoms with Crippen molar-refractivity contribution in [3.8, 4) is 0 Å². The molecule has 0 unspecified atom stereocenters. The topological polar surface area (TPSA) is 0 Å². The molecule has 0 spiro atoms. The van der Waals surface area contributed by atoms with E-state index in [-0.39, 0.29) is 10.4 Å². The lowest BCUT2D eigenvalue weighted by molar-refractivity contribution is -0.138. The second-order valence-electron chi connectivity index (χ2n) is 5.39. The molecule has 0 aliphatic carbocycles. The molecule has 136 valence electrons. The minimum absolute atomic E-state index is 0.0846. The van der Waals surface area contributed by atoms with Crippen molar-refractivity contribution in [1.29, 1.82) is 0 Å². The van der Waals surface area contributed by atoms with Crippen LogP contribution in [0.3, 0.4) is 0 Å². The number of hydrogen-bond donors (Lipinski definition) is 0. The summed E-state index contributed by atoms with van der Waals surface area (Å²) in [4.78, 5) is 0. The molecular formula is C15H9Cl3F6Si. The lowest BCUT2D eigenvalue weighted by Crippen LogP contribution is -2.51. The highest BCUT2D eigenvalue weighted by Crippen LogP contribution is 2.36. The van der Waals surface area contributed by atoms with E-state index in [1.54, 1.807) is 0 Å². The molecule has 0 nitrogen and oxygen atoms in total. The third-order valence-electron chi connectivity index (χ3n) is 3.63. The van der Waals surface area contributed by atoms with Crippen molar-refractivity contribution in [2.45, 2.75) is 18.9 Å². The number of halogens is 9. The summed E-state index contributed by atoms with van der Waals surface area (Å²) in [6.07, 6.45) is -9.41. The summed E-state index contributed by atoms with van der Waals surface area (Å²) >= 11 is 17.6. The first-order valence-electron chi connectivity index (χ1n) is 6.68. The first-order chi connectivity index (χ1) is 11.2. The summed E-state index contributed by atoms with van der Waals surface area (Å²) in [5.41, 5.74) is -2.17. The van der Waals surface area contributed by atoms with Crippen molar-refractivity contribution in [2.75, 3.05) is 0 Å². The average molecular weight is 438 g/mol. The normalized spacial score (nSPS) is 13.2. The summed E-state index contributed by atoms with van der Waals surface area (Å²) in [5, 5.41) is -0.850. The Morgan fingerprint density at radius 2 is 1.04 bits per heavy atom. The van der Waals surface area contributed by atoms with Gasteiger partial charge in [-0.15, -0.1) is 0 Å². The van der Waals surface area contributed by atoms with E-state index >= 15 is 0 Å². The van der Waals surface area contributed by atoms with Crippen LogP contribution in [-0.4, -0.2) is 7.38 Å². The van der Waals surface area contributed by atoms with E-state index in [2.05, 4.69) is 0 Å². The van der Waals surface area contributed by atoms with Gasteiger partial charge >= 0.3 is 12.4 Å². The van der Waals surface area contributed by atoms with Crippen LogP contribution in [0.25, 0.3) is 0 Å². The molecule has 0 amide bonds. The molecule has 10 heteroatoms. The minimum atomic E-state index is -4.70. The molecule has 2 aromatic rings. The van der Waals surface area contributed by atoms with Crippen molar-refractivity contribution in [2.24, 2.45) is 0 Å². The molecule has 0 saturated carbocycles. The van der Waals surface area contributed by atoms with Gasteiger partial charge in [0, 0.05) is 0 Å². The van der Waals surface area contributed by atoms with Gasteiger partial charge in [-0.2, -0.15) is 37.4 Å². The molecule has 0 N–H and O–H groups in total. The maximum absolute atomic E-state index is 13.0. The Labute approximate surface area is 155 Å². The maximum atomic E-state index is 13.0. The van der Waals surface area contributed by atoms with Gasteiger partial charge in [-0.1, -0.05) is 35.3 Å². The summed E-state index contributed by atoms with van der Waals surface area (Å²) in [7, 11) is -3.37. The fourth-order valence-electron chi connectivity index (χ4n) is 2.24. The van der Waals surface area contributed by atoms with Gasteiger partial charge < -0.3 is 0 Å². The zero-order valence-electron chi connectivity index (χ0n) is 12.4. The fourth-order valence-corrected chi connectivity index (χ4v) is 5.35. The molecular weight excluding hydrogens is 429 g/mol. The van der Waals surface area contributed by atoms with E-state index in [4.69, 9.17) is 34.3 Å². The third kappa shape index (κ3) is 4.27. The van der Waals surface area contributed by atoms with Gasteiger partial charge in [0.1, 0.15) is 0 Å². The van der Waals surface area contributed by atoms with Gasteiger partial charge in [-0.25, -0.2) is 0 Å². The molecule has 2 aromatic carbocycles. The van der Waals surface area contributed by atoms with Crippen LogP contribution in [0.5, 0.6) is 0 Å². The number of hydrogen-bond acceptors (Lipinski definition) is 0. The largest absolute Gasteiger partial charge is 0.417 e. The van der Waals surface area contributed by atoms with E-state index < -0.39 is 40.9 Å². The second-order valence-corrected chi connectivity index (χ2v) is 11.6. The number of rotatable bonds is 2. The molecule has 0 aliphatic heterocycles. The monoisotopic (exact) mass is 436 g/mol. The smallest absolute Gasteiger partial charge is 0.166 e. The average Bonchev–Trinajstić information content (AvgIpc) is 2.45. The first kappa shape index (κ1) is 20.4. The summed E-state index contributed by atoms with van der Waals surface area (Å²) in [6, 6.07) is 6.21. The second kappa shape index (κ2) is 6.68. The van der Waals surface area contributed by atoms with Crippen molar-refractivity contribution in [3.05, 3.63) is 57.6 Å². The van der Waals surface area contributed by atoms with Crippen LogP contribution in [0, 0.1) is 0 Å². The molecule has 0 aliphatic rings. The van der Waals surface area contributed by atoms with E-state index in [1.807, 2.05) is 0 Å². The van der Waals surface area contributed by atoms with Gasteiger partial charge in [-0.3, -0.25) is 0 Å². The van der Waals surface area contributed by atoms with Crippen LogP contribution in [0.15, 0.2) is 36.4 Å². The Bertz CT molecular complexity index is 733. The van der Waals surface area contributed by atoms with Crippen LogP contribution in [-0.2, 0) is 12.4 Å². The van der Waals surface area contributed by atoms with Gasteiger partial charge in [0.05, 0.1) is 21.2 Å². The van der Waals surface area contributed by atoms with Crippen molar-refractivity contribution >= 4 is 52.0 Å². The number of benzene rings is 2. The predicted molar refractivity (Wildman–Crippen MR) is 89.6 cm³/mol. The summed E-state index contributed by atoms with van der Waals surface area (Å²) in [5.74, 6) is 0. The molecule has 0 saturated heterocycles. The molecule has 2 rings (SSSR count).